The number of likely N-dealkylation sites (N-methyl/N-ethyl adjacent to an activating group) is 1. The van der Waals surface area contributed by atoms with E-state index in [1.165, 1.54) is 4.70 Å². The van der Waals surface area contributed by atoms with Crippen LogP contribution < -0.4 is 10.6 Å². The van der Waals surface area contributed by atoms with Crippen molar-refractivity contribution < 1.29 is 9.59 Å². The molecule has 0 radical (unpaired) electrons. The number of para-hydroxylation sites is 1. The number of benzene rings is 2. The van der Waals surface area contributed by atoms with Crippen LogP contribution in [0.5, 0.6) is 0 Å². The molecule has 2 aromatic carbocycles. The Bertz CT molecular complexity index is 886. The van der Waals surface area contributed by atoms with Gasteiger partial charge in [0.25, 0.3) is 0 Å². The van der Waals surface area contributed by atoms with Crippen molar-refractivity contribution in [2.45, 2.75) is 32.1 Å². The molecule has 6 heteroatoms. The highest BCUT2D eigenvalue weighted by molar-refractivity contribution is 7.18. The summed E-state index contributed by atoms with van der Waals surface area (Å²) in [7, 11) is 1.62. The number of thiazole rings is 1. The van der Waals surface area contributed by atoms with E-state index in [0.717, 1.165) is 41.0 Å². The second-order valence-corrected chi connectivity index (χ2v) is 7.49. The normalized spacial score (nSPS) is 10.7. The van der Waals surface area contributed by atoms with Crippen LogP contribution >= 0.6 is 11.3 Å². The summed E-state index contributed by atoms with van der Waals surface area (Å²) in [5, 5.41) is 6.63. The Hall–Kier alpha value is -2.73. The van der Waals surface area contributed by atoms with Crippen LogP contribution in [0.25, 0.3) is 10.2 Å². The van der Waals surface area contributed by atoms with Gasteiger partial charge in [0, 0.05) is 19.2 Å². The Morgan fingerprint density at radius 1 is 1.00 bits per heavy atom. The molecule has 3 rings (SSSR count). The highest BCUT2D eigenvalue weighted by Crippen LogP contribution is 2.23. The van der Waals surface area contributed by atoms with E-state index in [-0.39, 0.29) is 11.8 Å². The Labute approximate surface area is 162 Å². The summed E-state index contributed by atoms with van der Waals surface area (Å²) in [6, 6.07) is 15.5. The number of nitrogens with zero attached hydrogens (tertiary/aromatic N) is 1. The molecule has 1 aromatic heterocycles. The molecule has 0 saturated heterocycles. The lowest BCUT2D eigenvalue weighted by atomic mass is 10.1. The fraction of sp³-hybridized carbons (Fsp3) is 0.286. The second kappa shape index (κ2) is 9.28. The number of hydrogen-bond donors (Lipinski definition) is 2. The number of aromatic nitrogens is 1. The first-order valence-electron chi connectivity index (χ1n) is 9.08. The van der Waals surface area contributed by atoms with Gasteiger partial charge in [0.05, 0.1) is 21.6 Å². The molecule has 0 spiro atoms. The third-order valence-corrected chi connectivity index (χ3v) is 5.36. The SMILES string of the molecule is CNC(=O)Cc1ccc(NC(=O)CCCCc2nc3ccccc3s2)cc1. The van der Waals surface area contributed by atoms with E-state index in [2.05, 4.69) is 21.7 Å². The highest BCUT2D eigenvalue weighted by atomic mass is 32.1. The molecule has 0 saturated carbocycles. The van der Waals surface area contributed by atoms with Gasteiger partial charge >= 0.3 is 0 Å². The minimum Gasteiger partial charge on any atom is -0.359 e. The minimum atomic E-state index is -0.0279. The third kappa shape index (κ3) is 5.62. The number of unbranched alkanes of at least 4 members (excludes halogenated alkanes) is 1. The Balaban J connectivity index is 1.39. The van der Waals surface area contributed by atoms with Gasteiger partial charge in [-0.1, -0.05) is 24.3 Å². The summed E-state index contributed by atoms with van der Waals surface area (Å²) >= 11 is 1.73. The maximum Gasteiger partial charge on any atom is 0.224 e. The first-order chi connectivity index (χ1) is 13.1. The number of aryl methyl sites for hydroxylation is 1. The summed E-state index contributed by atoms with van der Waals surface area (Å²) in [5.41, 5.74) is 2.73. The minimum absolute atomic E-state index is 0.0124. The molecule has 2 N–H and O–H groups in total. The number of hydrogen-bond acceptors (Lipinski definition) is 4. The maximum atomic E-state index is 12.1. The molecule has 2 amide bonds. The summed E-state index contributed by atoms with van der Waals surface area (Å²) < 4.78 is 1.21. The molecule has 27 heavy (non-hydrogen) atoms. The lowest BCUT2D eigenvalue weighted by Crippen LogP contribution is -2.19. The number of carbonyl (C=O) groups excluding carboxylic acids is 2. The maximum absolute atomic E-state index is 12.1. The highest BCUT2D eigenvalue weighted by Gasteiger charge is 2.06. The van der Waals surface area contributed by atoms with Crippen molar-refractivity contribution in [1.82, 2.24) is 10.3 Å². The average molecular weight is 382 g/mol. The molecular weight excluding hydrogens is 358 g/mol. The van der Waals surface area contributed by atoms with Crippen molar-refractivity contribution in [3.63, 3.8) is 0 Å². The molecule has 3 aromatic rings. The fourth-order valence-corrected chi connectivity index (χ4v) is 3.80. The summed E-state index contributed by atoms with van der Waals surface area (Å²) in [4.78, 5) is 28.1. The van der Waals surface area contributed by atoms with Gasteiger partial charge in [-0.3, -0.25) is 9.59 Å². The first-order valence-corrected chi connectivity index (χ1v) is 9.89. The van der Waals surface area contributed by atoms with Crippen LogP contribution in [-0.4, -0.2) is 23.8 Å². The predicted molar refractivity (Wildman–Crippen MR) is 110 cm³/mol. The number of nitrogens with one attached hydrogen (secondary N) is 2. The second-order valence-electron chi connectivity index (χ2n) is 6.38. The smallest absolute Gasteiger partial charge is 0.224 e. The molecule has 1 heterocycles. The predicted octanol–water partition coefficient (Wildman–Crippen LogP) is 3.94. The van der Waals surface area contributed by atoms with Crippen LogP contribution in [0.15, 0.2) is 48.5 Å². The van der Waals surface area contributed by atoms with E-state index >= 15 is 0 Å². The molecule has 0 unspecified atom stereocenters. The van der Waals surface area contributed by atoms with Gasteiger partial charge in [-0.15, -0.1) is 11.3 Å². The Morgan fingerprint density at radius 2 is 1.78 bits per heavy atom. The topological polar surface area (TPSA) is 71.1 Å². The number of amides is 2. The van der Waals surface area contributed by atoms with Crippen molar-refractivity contribution in [3.8, 4) is 0 Å². The molecule has 0 aliphatic rings. The number of anilines is 1. The van der Waals surface area contributed by atoms with Gasteiger partial charge < -0.3 is 10.6 Å². The largest absolute Gasteiger partial charge is 0.359 e. The van der Waals surface area contributed by atoms with Crippen molar-refractivity contribution in [2.75, 3.05) is 12.4 Å². The van der Waals surface area contributed by atoms with E-state index in [1.807, 2.05) is 42.5 Å². The zero-order valence-electron chi connectivity index (χ0n) is 15.3. The lowest BCUT2D eigenvalue weighted by Gasteiger charge is -2.06. The van der Waals surface area contributed by atoms with Crippen molar-refractivity contribution >= 4 is 39.1 Å². The van der Waals surface area contributed by atoms with Gasteiger partial charge in [0.15, 0.2) is 0 Å². The molecule has 140 valence electrons. The van der Waals surface area contributed by atoms with Crippen LogP contribution in [0.3, 0.4) is 0 Å². The van der Waals surface area contributed by atoms with Crippen molar-refractivity contribution in [1.29, 1.82) is 0 Å². The molecule has 0 aliphatic carbocycles. The number of carbonyl (C=O) groups is 2. The lowest BCUT2D eigenvalue weighted by molar-refractivity contribution is -0.120. The fourth-order valence-electron chi connectivity index (χ4n) is 2.79. The third-order valence-electron chi connectivity index (χ3n) is 4.26. The number of rotatable bonds is 8. The summed E-state index contributed by atoms with van der Waals surface area (Å²) in [5.74, 6) is -0.0155. The first kappa shape index (κ1) is 19.0. The van der Waals surface area contributed by atoms with Crippen LogP contribution in [0.1, 0.15) is 29.8 Å². The van der Waals surface area contributed by atoms with E-state index in [9.17, 15) is 9.59 Å². The zero-order chi connectivity index (χ0) is 19.1. The number of fused-ring (bicyclic) bond motifs is 1. The molecule has 0 atom stereocenters. The van der Waals surface area contributed by atoms with E-state index in [4.69, 9.17) is 0 Å². The van der Waals surface area contributed by atoms with Crippen molar-refractivity contribution in [2.24, 2.45) is 0 Å². The van der Waals surface area contributed by atoms with Gasteiger partial charge in [-0.05, 0) is 49.1 Å². The summed E-state index contributed by atoms with van der Waals surface area (Å²) in [6.45, 7) is 0. The standard InChI is InChI=1S/C21H23N3O2S/c1-22-20(26)14-15-10-12-16(13-11-15)23-19(25)8-4-5-9-21-24-17-6-2-3-7-18(17)27-21/h2-3,6-7,10-13H,4-5,8-9,14H2,1H3,(H,22,26)(H,23,25). The van der Waals surface area contributed by atoms with E-state index in [1.54, 1.807) is 18.4 Å². The summed E-state index contributed by atoms with van der Waals surface area (Å²) in [6.07, 6.45) is 3.51. The molecule has 0 fully saturated rings. The van der Waals surface area contributed by atoms with E-state index < -0.39 is 0 Å². The Morgan fingerprint density at radius 3 is 2.52 bits per heavy atom. The molecule has 0 bridgehead atoms. The van der Waals surface area contributed by atoms with Crippen LogP contribution in [0, 0.1) is 0 Å². The monoisotopic (exact) mass is 381 g/mol. The van der Waals surface area contributed by atoms with Gasteiger partial charge in [0.1, 0.15) is 0 Å². The van der Waals surface area contributed by atoms with Gasteiger partial charge in [-0.25, -0.2) is 4.98 Å². The quantitative estimate of drug-likeness (QED) is 0.581. The van der Waals surface area contributed by atoms with Crippen LogP contribution in [0.2, 0.25) is 0 Å². The Kier molecular flexibility index (Phi) is 6.54. The average Bonchev–Trinajstić information content (AvgIpc) is 3.09. The van der Waals surface area contributed by atoms with Gasteiger partial charge in [-0.2, -0.15) is 0 Å². The molecule has 5 nitrogen and oxygen atoms in total. The van der Waals surface area contributed by atoms with Gasteiger partial charge in [0.2, 0.25) is 11.8 Å². The van der Waals surface area contributed by atoms with Crippen LogP contribution in [0.4, 0.5) is 5.69 Å². The molecular formula is C21H23N3O2S. The van der Waals surface area contributed by atoms with Crippen LogP contribution in [-0.2, 0) is 22.4 Å². The molecule has 0 aliphatic heterocycles. The zero-order valence-corrected chi connectivity index (χ0v) is 16.1. The van der Waals surface area contributed by atoms with E-state index in [0.29, 0.717) is 12.8 Å². The van der Waals surface area contributed by atoms with Crippen molar-refractivity contribution in [3.05, 3.63) is 59.1 Å².